The molecule has 0 atom stereocenters. The molecule has 2 rings (SSSR count). The van der Waals surface area contributed by atoms with E-state index in [4.69, 9.17) is 33.7 Å². The third-order valence-corrected chi connectivity index (χ3v) is 3.10. The molecule has 100 valence electrons. The van der Waals surface area contributed by atoms with Crippen molar-refractivity contribution in [1.82, 2.24) is 0 Å². The second-order valence-corrected chi connectivity index (χ2v) is 4.59. The Balaban J connectivity index is 1.91. The quantitative estimate of drug-likeness (QED) is 0.694. The zero-order chi connectivity index (χ0) is 14.4. The molecule has 20 heavy (non-hydrogen) atoms. The van der Waals surface area contributed by atoms with E-state index in [1.807, 2.05) is 36.4 Å². The minimum Gasteiger partial charge on any atom is -0.492 e. The molecule has 0 aliphatic carbocycles. The summed E-state index contributed by atoms with van der Waals surface area (Å²) >= 11 is 10.1. The molecule has 0 fully saturated rings. The number of thiocarbonyl (C=S) groups is 2. The van der Waals surface area contributed by atoms with Gasteiger partial charge in [0.05, 0.1) is 0 Å². The van der Waals surface area contributed by atoms with Crippen LogP contribution in [0.25, 0.3) is 0 Å². The zero-order valence-corrected chi connectivity index (χ0v) is 12.1. The second kappa shape index (κ2) is 7.14. The van der Waals surface area contributed by atoms with Gasteiger partial charge in [0.1, 0.15) is 0 Å². The first kappa shape index (κ1) is 14.6. The van der Waals surface area contributed by atoms with E-state index >= 15 is 0 Å². The maximum atomic E-state index is 9.69. The third kappa shape index (κ3) is 4.13. The summed E-state index contributed by atoms with van der Waals surface area (Å²) in [5, 5.41) is 9.99. The van der Waals surface area contributed by atoms with Crippen LogP contribution in [0.3, 0.4) is 0 Å². The van der Waals surface area contributed by atoms with Crippen LogP contribution in [0.2, 0.25) is 0 Å². The highest BCUT2D eigenvalue weighted by molar-refractivity contribution is 7.80. The Labute approximate surface area is 128 Å². The van der Waals surface area contributed by atoms with Gasteiger partial charge in [-0.15, -0.1) is 0 Å². The van der Waals surface area contributed by atoms with Crippen molar-refractivity contribution in [1.29, 1.82) is 0 Å². The predicted molar refractivity (Wildman–Crippen MR) is 86.4 cm³/mol. The molecule has 2 aromatic carbocycles. The molecule has 0 bridgehead atoms. The molecule has 0 radical (unpaired) electrons. The molecular weight excluding hydrogens is 291 g/mol. The zero-order valence-electron chi connectivity index (χ0n) is 10.4. The molecule has 0 saturated heterocycles. The second-order valence-electron chi connectivity index (χ2n) is 3.85. The molecule has 0 aliphatic heterocycles. The molecule has 3 nitrogen and oxygen atoms in total. The Morgan fingerprint density at radius 3 is 1.45 bits per heavy atom. The maximum absolute atomic E-state index is 9.69. The van der Waals surface area contributed by atoms with Crippen LogP contribution in [0, 0.1) is 0 Å². The van der Waals surface area contributed by atoms with Crippen LogP contribution in [0.15, 0.2) is 60.7 Å². The minimum absolute atomic E-state index is 0.147. The summed E-state index contributed by atoms with van der Waals surface area (Å²) in [6.45, 7) is 0. The predicted octanol–water partition coefficient (Wildman–Crippen LogP) is 2.75. The van der Waals surface area contributed by atoms with E-state index in [9.17, 15) is 5.02 Å². The lowest BCUT2D eigenvalue weighted by Gasteiger charge is -2.12. The van der Waals surface area contributed by atoms with Gasteiger partial charge < -0.3 is 14.3 Å². The van der Waals surface area contributed by atoms with E-state index in [2.05, 4.69) is 0 Å². The SMILES string of the molecule is OB(OC(=S)c1ccccc1)OC(=S)c1ccccc1. The van der Waals surface area contributed by atoms with Gasteiger partial charge in [-0.1, -0.05) is 60.7 Å². The lowest BCUT2D eigenvalue weighted by atomic mass is 10.2. The molecule has 6 heteroatoms. The highest BCUT2D eigenvalue weighted by Crippen LogP contribution is 2.07. The smallest absolute Gasteiger partial charge is 0.492 e. The van der Waals surface area contributed by atoms with Crippen LogP contribution in [0.4, 0.5) is 0 Å². The maximum Gasteiger partial charge on any atom is 0.786 e. The van der Waals surface area contributed by atoms with Crippen LogP contribution in [0.5, 0.6) is 0 Å². The molecule has 0 aromatic heterocycles. The van der Waals surface area contributed by atoms with Crippen LogP contribution in [0.1, 0.15) is 11.1 Å². The fraction of sp³-hybridized carbons (Fsp3) is 0. The van der Waals surface area contributed by atoms with Crippen LogP contribution < -0.4 is 0 Å². The van der Waals surface area contributed by atoms with Gasteiger partial charge in [0.2, 0.25) is 0 Å². The first-order valence-corrected chi connectivity index (χ1v) is 6.68. The summed E-state index contributed by atoms with van der Waals surface area (Å²) in [5.41, 5.74) is 1.38. The summed E-state index contributed by atoms with van der Waals surface area (Å²) in [7, 11) is -1.53. The van der Waals surface area contributed by atoms with Gasteiger partial charge in [0.15, 0.2) is 10.1 Å². The summed E-state index contributed by atoms with van der Waals surface area (Å²) in [4.78, 5) is 0. The first-order valence-electron chi connectivity index (χ1n) is 5.87. The molecule has 2 aromatic rings. The van der Waals surface area contributed by atoms with Gasteiger partial charge >= 0.3 is 7.32 Å². The van der Waals surface area contributed by atoms with E-state index in [1.54, 1.807) is 24.3 Å². The fourth-order valence-electron chi connectivity index (χ4n) is 1.49. The topological polar surface area (TPSA) is 38.7 Å². The van der Waals surface area contributed by atoms with Crippen LogP contribution in [-0.4, -0.2) is 22.4 Å². The monoisotopic (exact) mass is 302 g/mol. The van der Waals surface area contributed by atoms with Gasteiger partial charge in [-0.25, -0.2) is 0 Å². The van der Waals surface area contributed by atoms with E-state index in [0.717, 1.165) is 0 Å². The third-order valence-electron chi connectivity index (χ3n) is 2.43. The van der Waals surface area contributed by atoms with Crippen molar-refractivity contribution in [2.24, 2.45) is 0 Å². The highest BCUT2D eigenvalue weighted by atomic mass is 32.1. The van der Waals surface area contributed by atoms with Crippen molar-refractivity contribution < 1.29 is 14.3 Å². The normalized spacial score (nSPS) is 9.65. The van der Waals surface area contributed by atoms with Crippen molar-refractivity contribution in [2.75, 3.05) is 0 Å². The summed E-state index contributed by atoms with van der Waals surface area (Å²) in [5.74, 6) is 0. The van der Waals surface area contributed by atoms with Crippen LogP contribution in [-0.2, 0) is 9.31 Å². The lowest BCUT2D eigenvalue weighted by Crippen LogP contribution is -2.28. The number of hydrogen-bond acceptors (Lipinski definition) is 5. The van der Waals surface area contributed by atoms with Crippen molar-refractivity contribution in [3.05, 3.63) is 71.8 Å². The van der Waals surface area contributed by atoms with Gasteiger partial charge in [-0.3, -0.25) is 0 Å². The lowest BCUT2D eigenvalue weighted by molar-refractivity contribution is 0.294. The average Bonchev–Trinajstić information content (AvgIpc) is 2.49. The highest BCUT2D eigenvalue weighted by Gasteiger charge is 2.24. The van der Waals surface area contributed by atoms with Crippen molar-refractivity contribution in [3.8, 4) is 0 Å². The molecule has 0 aliphatic rings. The van der Waals surface area contributed by atoms with E-state index < -0.39 is 7.32 Å². The molecule has 1 N–H and O–H groups in total. The molecule has 0 unspecified atom stereocenters. The van der Waals surface area contributed by atoms with Gasteiger partial charge in [0.25, 0.3) is 0 Å². The Bertz CT molecular complexity index is 536. The van der Waals surface area contributed by atoms with E-state index in [-0.39, 0.29) is 10.1 Å². The van der Waals surface area contributed by atoms with Gasteiger partial charge in [-0.2, -0.15) is 0 Å². The van der Waals surface area contributed by atoms with Gasteiger partial charge in [-0.05, 0) is 24.4 Å². The summed E-state index contributed by atoms with van der Waals surface area (Å²) < 4.78 is 10.2. The largest absolute Gasteiger partial charge is 0.786 e. The van der Waals surface area contributed by atoms with Crippen molar-refractivity contribution >= 4 is 41.9 Å². The van der Waals surface area contributed by atoms with Gasteiger partial charge in [0, 0.05) is 11.1 Å². The Morgan fingerprint density at radius 1 is 0.750 bits per heavy atom. The van der Waals surface area contributed by atoms with E-state index in [1.165, 1.54) is 0 Å². The van der Waals surface area contributed by atoms with E-state index in [0.29, 0.717) is 11.1 Å². The summed E-state index contributed by atoms with van der Waals surface area (Å²) in [6.07, 6.45) is 0. The number of benzene rings is 2. The van der Waals surface area contributed by atoms with Crippen molar-refractivity contribution in [3.63, 3.8) is 0 Å². The molecule has 0 amide bonds. The molecule has 0 spiro atoms. The van der Waals surface area contributed by atoms with Crippen molar-refractivity contribution in [2.45, 2.75) is 0 Å². The van der Waals surface area contributed by atoms with Crippen LogP contribution >= 0.6 is 24.4 Å². The average molecular weight is 302 g/mol. The molecule has 0 heterocycles. The Kier molecular flexibility index (Phi) is 5.23. The molecular formula is C14H11BO3S2. The first-order chi connectivity index (χ1) is 9.66. The minimum atomic E-state index is -1.53. The number of hydrogen-bond donors (Lipinski definition) is 1. The molecule has 0 saturated carbocycles. The summed E-state index contributed by atoms with van der Waals surface area (Å²) in [6, 6.07) is 18.2. The Morgan fingerprint density at radius 2 is 1.10 bits per heavy atom. The standard InChI is InChI=1S/C14H11BO3S2/c16-15(17-13(19)11-7-3-1-4-8-11)18-14(20)12-9-5-2-6-10-12/h1-10,16H. The fourth-order valence-corrected chi connectivity index (χ4v) is 1.93. The Hall–Kier alpha value is -1.76. The number of rotatable bonds is 4.